The first-order chi connectivity index (χ1) is 9.15. The van der Waals surface area contributed by atoms with Gasteiger partial charge in [-0.3, -0.25) is 9.59 Å². The fourth-order valence-corrected chi connectivity index (χ4v) is 2.01. The molecule has 0 saturated heterocycles. The minimum atomic E-state index is -0.394. The Hall–Kier alpha value is -2.69. The van der Waals surface area contributed by atoms with Gasteiger partial charge in [0.15, 0.2) is 10.9 Å². The zero-order valence-electron chi connectivity index (χ0n) is 9.74. The van der Waals surface area contributed by atoms with Gasteiger partial charge in [0, 0.05) is 23.9 Å². The summed E-state index contributed by atoms with van der Waals surface area (Å²) >= 11 is 0. The molecule has 3 rings (SSSR count). The minimum Gasteiger partial charge on any atom is -0.347 e. The van der Waals surface area contributed by atoms with Gasteiger partial charge in [0.2, 0.25) is 0 Å². The van der Waals surface area contributed by atoms with Gasteiger partial charge in [-0.2, -0.15) is 0 Å². The van der Waals surface area contributed by atoms with Crippen LogP contribution in [-0.4, -0.2) is 9.97 Å². The average Bonchev–Trinajstić information content (AvgIpc) is 2.38. The Labute approximate surface area is 106 Å². The van der Waals surface area contributed by atoms with E-state index in [-0.39, 0.29) is 16.6 Å². The molecule has 0 atom stereocenters. The van der Waals surface area contributed by atoms with E-state index >= 15 is 0 Å². The number of benzene rings is 1. The van der Waals surface area contributed by atoms with Crippen LogP contribution in [0, 0.1) is 5.82 Å². The summed E-state index contributed by atoms with van der Waals surface area (Å²) in [6.07, 6.45) is 1.45. The number of pyridine rings is 2. The van der Waals surface area contributed by atoms with Crippen molar-refractivity contribution in [2.45, 2.75) is 0 Å². The van der Waals surface area contributed by atoms with Gasteiger partial charge >= 0.3 is 0 Å². The highest BCUT2D eigenvalue weighted by molar-refractivity contribution is 5.77. The van der Waals surface area contributed by atoms with Gasteiger partial charge < -0.3 is 9.97 Å². The Morgan fingerprint density at radius 2 is 1.84 bits per heavy atom. The second-order valence-corrected chi connectivity index (χ2v) is 4.15. The number of rotatable bonds is 1. The molecule has 1 aromatic carbocycles. The van der Waals surface area contributed by atoms with Crippen LogP contribution in [0.25, 0.3) is 22.3 Å². The molecule has 4 nitrogen and oxygen atoms in total. The van der Waals surface area contributed by atoms with E-state index in [2.05, 4.69) is 9.97 Å². The van der Waals surface area contributed by atoms with Crippen LogP contribution in [0.4, 0.5) is 4.39 Å². The Morgan fingerprint density at radius 3 is 2.63 bits per heavy atom. The topological polar surface area (TPSA) is 65.7 Å². The lowest BCUT2D eigenvalue weighted by molar-refractivity contribution is 0.628. The molecule has 3 aromatic rings. The van der Waals surface area contributed by atoms with E-state index in [1.807, 2.05) is 0 Å². The summed E-state index contributed by atoms with van der Waals surface area (Å²) in [5, 5.41) is 0.0719. The molecule has 19 heavy (non-hydrogen) atoms. The van der Waals surface area contributed by atoms with Crippen molar-refractivity contribution in [1.29, 1.82) is 0 Å². The number of H-pyrrole nitrogens is 2. The van der Waals surface area contributed by atoms with Gasteiger partial charge in [-0.05, 0) is 12.1 Å². The standard InChI is InChI=1S/C14H9FN2O2/c15-9-3-1-2-8(6-9)10-7-12(19)13-11(18)4-5-16-14(13)17-10/h1-7H,(H2,16,17,18,19). The van der Waals surface area contributed by atoms with Gasteiger partial charge in [-0.25, -0.2) is 4.39 Å². The summed E-state index contributed by atoms with van der Waals surface area (Å²) in [4.78, 5) is 29.3. The first-order valence-electron chi connectivity index (χ1n) is 5.66. The van der Waals surface area contributed by atoms with Crippen LogP contribution in [-0.2, 0) is 0 Å². The van der Waals surface area contributed by atoms with Crippen molar-refractivity contribution in [3.63, 3.8) is 0 Å². The second kappa shape index (κ2) is 4.20. The number of aromatic amines is 2. The predicted molar refractivity (Wildman–Crippen MR) is 70.6 cm³/mol. The van der Waals surface area contributed by atoms with Crippen LogP contribution >= 0.6 is 0 Å². The normalized spacial score (nSPS) is 10.8. The summed E-state index contributed by atoms with van der Waals surface area (Å²) in [5.41, 5.74) is 0.595. The van der Waals surface area contributed by atoms with E-state index in [0.29, 0.717) is 16.9 Å². The zero-order chi connectivity index (χ0) is 13.4. The summed E-state index contributed by atoms with van der Waals surface area (Å²) in [6.45, 7) is 0. The molecular formula is C14H9FN2O2. The second-order valence-electron chi connectivity index (χ2n) is 4.15. The molecule has 2 N–H and O–H groups in total. The fraction of sp³-hybridized carbons (Fsp3) is 0. The third-order valence-electron chi connectivity index (χ3n) is 2.88. The fourth-order valence-electron chi connectivity index (χ4n) is 2.01. The summed E-state index contributed by atoms with van der Waals surface area (Å²) in [5.74, 6) is -0.389. The maximum Gasteiger partial charge on any atom is 0.195 e. The van der Waals surface area contributed by atoms with Crippen LogP contribution < -0.4 is 10.9 Å². The molecule has 0 radical (unpaired) electrons. The van der Waals surface area contributed by atoms with E-state index in [0.717, 1.165) is 0 Å². The number of hydrogen-bond donors (Lipinski definition) is 2. The average molecular weight is 256 g/mol. The van der Waals surface area contributed by atoms with Crippen LogP contribution in [0.3, 0.4) is 0 Å². The van der Waals surface area contributed by atoms with Crippen LogP contribution in [0.2, 0.25) is 0 Å². The molecule has 0 amide bonds. The SMILES string of the molecule is O=c1cc[nH]c2[nH]c(-c3cccc(F)c3)cc(=O)c12. The number of fused-ring (bicyclic) bond motifs is 1. The van der Waals surface area contributed by atoms with Crippen molar-refractivity contribution in [1.82, 2.24) is 9.97 Å². The van der Waals surface area contributed by atoms with Gasteiger partial charge in [-0.1, -0.05) is 12.1 Å². The van der Waals surface area contributed by atoms with Gasteiger partial charge in [0.1, 0.15) is 16.9 Å². The minimum absolute atomic E-state index is 0.0719. The highest BCUT2D eigenvalue weighted by Crippen LogP contribution is 2.17. The molecule has 0 unspecified atom stereocenters. The number of hydrogen-bond acceptors (Lipinski definition) is 2. The lowest BCUT2D eigenvalue weighted by atomic mass is 10.1. The van der Waals surface area contributed by atoms with Crippen LogP contribution in [0.5, 0.6) is 0 Å². The molecule has 94 valence electrons. The van der Waals surface area contributed by atoms with E-state index < -0.39 is 5.43 Å². The summed E-state index contributed by atoms with van der Waals surface area (Å²) in [6, 6.07) is 8.47. The van der Waals surface area contributed by atoms with Crippen molar-refractivity contribution in [2.24, 2.45) is 0 Å². The van der Waals surface area contributed by atoms with Gasteiger partial charge in [0.05, 0.1) is 5.69 Å². The summed E-state index contributed by atoms with van der Waals surface area (Å²) < 4.78 is 13.2. The van der Waals surface area contributed by atoms with Gasteiger partial charge in [-0.15, -0.1) is 0 Å². The van der Waals surface area contributed by atoms with Crippen molar-refractivity contribution < 1.29 is 4.39 Å². The van der Waals surface area contributed by atoms with E-state index in [1.165, 1.54) is 30.5 Å². The highest BCUT2D eigenvalue weighted by atomic mass is 19.1. The number of nitrogens with one attached hydrogen (secondary N) is 2. The number of halogens is 1. The Morgan fingerprint density at radius 1 is 1.00 bits per heavy atom. The third kappa shape index (κ3) is 1.95. The maximum atomic E-state index is 13.2. The first kappa shape index (κ1) is 11.4. The monoisotopic (exact) mass is 256 g/mol. The quantitative estimate of drug-likeness (QED) is 0.699. The molecule has 2 aromatic heterocycles. The molecule has 5 heteroatoms. The van der Waals surface area contributed by atoms with E-state index in [9.17, 15) is 14.0 Å². The molecule has 0 fully saturated rings. The smallest absolute Gasteiger partial charge is 0.195 e. The van der Waals surface area contributed by atoms with Crippen molar-refractivity contribution in [3.05, 3.63) is 68.9 Å². The summed E-state index contributed by atoms with van der Waals surface area (Å²) in [7, 11) is 0. The zero-order valence-corrected chi connectivity index (χ0v) is 9.74. The molecule has 0 aliphatic rings. The van der Waals surface area contributed by atoms with Crippen molar-refractivity contribution in [2.75, 3.05) is 0 Å². The molecule has 0 bridgehead atoms. The largest absolute Gasteiger partial charge is 0.347 e. The molecule has 2 heterocycles. The lowest BCUT2D eigenvalue weighted by Crippen LogP contribution is -2.14. The van der Waals surface area contributed by atoms with Crippen molar-refractivity contribution in [3.8, 4) is 11.3 Å². The van der Waals surface area contributed by atoms with Crippen LogP contribution in [0.1, 0.15) is 0 Å². The predicted octanol–water partition coefficient (Wildman–Crippen LogP) is 2.02. The first-order valence-corrected chi connectivity index (χ1v) is 5.66. The Balaban J connectivity index is 2.34. The highest BCUT2D eigenvalue weighted by Gasteiger charge is 2.07. The van der Waals surface area contributed by atoms with Gasteiger partial charge in [0.25, 0.3) is 0 Å². The maximum absolute atomic E-state index is 13.2. The number of aromatic nitrogens is 2. The molecule has 0 saturated carbocycles. The lowest BCUT2D eigenvalue weighted by Gasteiger charge is -2.04. The van der Waals surface area contributed by atoms with E-state index in [4.69, 9.17) is 0 Å². The molecule has 0 aliphatic heterocycles. The Bertz CT molecular complexity index is 880. The third-order valence-corrected chi connectivity index (χ3v) is 2.88. The molecular weight excluding hydrogens is 247 g/mol. The Kier molecular flexibility index (Phi) is 2.52. The van der Waals surface area contributed by atoms with Crippen molar-refractivity contribution >= 4 is 11.0 Å². The molecule has 0 spiro atoms. The molecule has 0 aliphatic carbocycles. The van der Waals surface area contributed by atoms with Crippen LogP contribution in [0.15, 0.2) is 52.2 Å². The van der Waals surface area contributed by atoms with E-state index in [1.54, 1.807) is 12.1 Å².